The second-order valence-electron chi connectivity index (χ2n) is 3.08. The van der Waals surface area contributed by atoms with Gasteiger partial charge in [0.15, 0.2) is 0 Å². The van der Waals surface area contributed by atoms with Gasteiger partial charge in [-0.15, -0.1) is 0 Å². The third kappa shape index (κ3) is 2.83. The Morgan fingerprint density at radius 3 is 2.76 bits per heavy atom. The molecule has 17 heavy (non-hydrogen) atoms. The van der Waals surface area contributed by atoms with Crippen molar-refractivity contribution in [1.29, 1.82) is 0 Å². The van der Waals surface area contributed by atoms with E-state index in [0.29, 0.717) is 5.03 Å². The molecule has 0 radical (unpaired) electrons. The van der Waals surface area contributed by atoms with Crippen LogP contribution in [0.15, 0.2) is 34.3 Å². The minimum absolute atomic E-state index is 0.0178. The van der Waals surface area contributed by atoms with Crippen LogP contribution in [0, 0.1) is 11.6 Å². The van der Waals surface area contributed by atoms with Gasteiger partial charge in [0.1, 0.15) is 16.7 Å². The number of aromatic nitrogens is 2. The molecule has 0 saturated carbocycles. The van der Waals surface area contributed by atoms with Crippen LogP contribution in [0.1, 0.15) is 0 Å². The van der Waals surface area contributed by atoms with E-state index < -0.39 is 11.6 Å². The minimum Gasteiger partial charge on any atom is -0.395 e. The number of nitrogens with zero attached hydrogens (tertiary/aromatic N) is 2. The summed E-state index contributed by atoms with van der Waals surface area (Å²) < 4.78 is 26.1. The van der Waals surface area contributed by atoms with E-state index in [0.717, 1.165) is 23.9 Å². The second-order valence-corrected chi connectivity index (χ2v) is 4.45. The van der Waals surface area contributed by atoms with Gasteiger partial charge in [-0.3, -0.25) is 0 Å². The fourth-order valence-electron chi connectivity index (χ4n) is 1.10. The first-order valence-electron chi connectivity index (χ1n) is 4.47. The summed E-state index contributed by atoms with van der Waals surface area (Å²) >= 11 is 6.56. The number of halogens is 3. The van der Waals surface area contributed by atoms with E-state index in [-0.39, 0.29) is 15.9 Å². The molecule has 1 aromatic heterocycles. The number of anilines is 1. The highest BCUT2D eigenvalue weighted by Gasteiger charge is 2.10. The molecule has 7 heteroatoms. The van der Waals surface area contributed by atoms with Gasteiger partial charge in [0, 0.05) is 11.0 Å². The maximum absolute atomic E-state index is 13.4. The molecule has 0 bridgehead atoms. The summed E-state index contributed by atoms with van der Waals surface area (Å²) in [6.07, 6.45) is 1.33. The smallest absolute Gasteiger partial charge is 0.223 e. The Morgan fingerprint density at radius 1 is 1.29 bits per heavy atom. The molecular weight excluding hydrogens is 268 g/mol. The Bertz CT molecular complexity index is 565. The van der Waals surface area contributed by atoms with Gasteiger partial charge in [-0.1, -0.05) is 11.8 Å². The summed E-state index contributed by atoms with van der Waals surface area (Å²) in [6.45, 7) is 0. The molecule has 0 unspecified atom stereocenters. The predicted octanol–water partition coefficient (Wildman–Crippen LogP) is 3.14. The Labute approximate surface area is 105 Å². The first kappa shape index (κ1) is 12.1. The molecule has 3 nitrogen and oxygen atoms in total. The van der Waals surface area contributed by atoms with Crippen LogP contribution in [0.3, 0.4) is 0 Å². The zero-order valence-corrected chi connectivity index (χ0v) is 9.90. The van der Waals surface area contributed by atoms with E-state index >= 15 is 0 Å². The van der Waals surface area contributed by atoms with E-state index in [9.17, 15) is 8.78 Å². The maximum Gasteiger partial charge on any atom is 0.223 e. The third-order valence-corrected chi connectivity index (χ3v) is 3.10. The molecule has 0 aliphatic carbocycles. The maximum atomic E-state index is 13.4. The van der Waals surface area contributed by atoms with Crippen molar-refractivity contribution in [3.8, 4) is 0 Å². The molecule has 1 heterocycles. The van der Waals surface area contributed by atoms with Crippen LogP contribution >= 0.6 is 23.4 Å². The Hall–Kier alpha value is -1.40. The van der Waals surface area contributed by atoms with E-state index in [1.54, 1.807) is 0 Å². The van der Waals surface area contributed by atoms with Crippen LogP contribution in [0.5, 0.6) is 0 Å². The lowest BCUT2D eigenvalue weighted by Crippen LogP contribution is -1.95. The van der Waals surface area contributed by atoms with Gasteiger partial charge in [-0.05, 0) is 23.7 Å². The molecule has 0 saturated heterocycles. The first-order chi connectivity index (χ1) is 8.06. The van der Waals surface area contributed by atoms with Crippen LogP contribution in [-0.2, 0) is 0 Å². The number of nitrogen functional groups attached to an aromatic ring is 1. The summed E-state index contributed by atoms with van der Waals surface area (Å²) in [5, 5.41) is 0.347. The highest BCUT2D eigenvalue weighted by Crippen LogP contribution is 2.32. The van der Waals surface area contributed by atoms with Crippen molar-refractivity contribution < 1.29 is 8.78 Å². The molecule has 0 aliphatic heterocycles. The summed E-state index contributed by atoms with van der Waals surface area (Å²) in [5.74, 6) is -1.32. The molecular formula is C10H6ClF2N3S. The summed E-state index contributed by atoms with van der Waals surface area (Å²) in [5.41, 5.74) is 5.90. The predicted molar refractivity (Wildman–Crippen MR) is 61.9 cm³/mol. The second kappa shape index (κ2) is 4.85. The average molecular weight is 274 g/mol. The van der Waals surface area contributed by atoms with Gasteiger partial charge in [0.2, 0.25) is 5.28 Å². The quantitative estimate of drug-likeness (QED) is 0.675. The highest BCUT2D eigenvalue weighted by atomic mass is 35.5. The van der Waals surface area contributed by atoms with E-state index in [2.05, 4.69) is 9.97 Å². The summed E-state index contributed by atoms with van der Waals surface area (Å²) in [4.78, 5) is 7.76. The van der Waals surface area contributed by atoms with Gasteiger partial charge in [-0.25, -0.2) is 18.7 Å². The highest BCUT2D eigenvalue weighted by molar-refractivity contribution is 7.99. The molecule has 88 valence electrons. The fraction of sp³-hybridized carbons (Fsp3) is 0. The topological polar surface area (TPSA) is 51.8 Å². The minimum atomic E-state index is -0.677. The van der Waals surface area contributed by atoms with E-state index in [1.165, 1.54) is 12.3 Å². The Kier molecular flexibility index (Phi) is 3.44. The lowest BCUT2D eigenvalue weighted by molar-refractivity contribution is 0.565. The van der Waals surface area contributed by atoms with Crippen molar-refractivity contribution in [2.45, 2.75) is 9.92 Å². The monoisotopic (exact) mass is 273 g/mol. The SMILES string of the molecule is Nc1cnc(Cl)nc1Sc1ccc(F)cc1F. The third-order valence-electron chi connectivity index (χ3n) is 1.85. The summed E-state index contributed by atoms with van der Waals surface area (Å²) in [7, 11) is 0. The van der Waals surface area contributed by atoms with Crippen LogP contribution in [0.25, 0.3) is 0 Å². The number of rotatable bonds is 2. The lowest BCUT2D eigenvalue weighted by atomic mass is 10.3. The first-order valence-corrected chi connectivity index (χ1v) is 5.66. The van der Waals surface area contributed by atoms with Crippen LogP contribution in [0.4, 0.5) is 14.5 Å². The van der Waals surface area contributed by atoms with Crippen molar-refractivity contribution >= 4 is 29.1 Å². The zero-order valence-electron chi connectivity index (χ0n) is 8.32. The number of benzene rings is 1. The van der Waals surface area contributed by atoms with E-state index in [4.69, 9.17) is 17.3 Å². The standard InChI is InChI=1S/C10H6ClF2N3S/c11-10-15-4-7(14)9(16-10)17-8-2-1-5(12)3-6(8)13/h1-4H,14H2. The normalized spacial score (nSPS) is 10.5. The van der Waals surface area contributed by atoms with Crippen molar-refractivity contribution in [2.75, 3.05) is 5.73 Å². The van der Waals surface area contributed by atoms with Crippen molar-refractivity contribution in [1.82, 2.24) is 9.97 Å². The molecule has 0 aliphatic rings. The summed E-state index contributed by atoms with van der Waals surface area (Å²) in [6, 6.07) is 3.26. The van der Waals surface area contributed by atoms with Crippen LogP contribution in [0.2, 0.25) is 5.28 Å². The lowest BCUT2D eigenvalue weighted by Gasteiger charge is -2.05. The van der Waals surface area contributed by atoms with Gasteiger partial charge < -0.3 is 5.73 Å². The molecule has 0 amide bonds. The van der Waals surface area contributed by atoms with Gasteiger partial charge in [0.25, 0.3) is 0 Å². The van der Waals surface area contributed by atoms with E-state index in [1.807, 2.05) is 0 Å². The van der Waals surface area contributed by atoms with Crippen molar-refractivity contribution in [3.05, 3.63) is 41.3 Å². The van der Waals surface area contributed by atoms with Crippen molar-refractivity contribution in [2.24, 2.45) is 0 Å². The van der Waals surface area contributed by atoms with Gasteiger partial charge >= 0.3 is 0 Å². The molecule has 2 N–H and O–H groups in total. The molecule has 0 spiro atoms. The van der Waals surface area contributed by atoms with Gasteiger partial charge in [-0.2, -0.15) is 0 Å². The molecule has 2 rings (SSSR count). The largest absolute Gasteiger partial charge is 0.395 e. The molecule has 0 fully saturated rings. The van der Waals surface area contributed by atoms with Crippen LogP contribution < -0.4 is 5.73 Å². The molecule has 0 atom stereocenters. The number of nitrogens with two attached hydrogens (primary N) is 1. The molecule has 1 aromatic carbocycles. The number of hydrogen-bond donors (Lipinski definition) is 1. The average Bonchev–Trinajstić information content (AvgIpc) is 2.27. The van der Waals surface area contributed by atoms with Gasteiger partial charge in [0.05, 0.1) is 11.9 Å². The Morgan fingerprint density at radius 2 is 2.06 bits per heavy atom. The van der Waals surface area contributed by atoms with Crippen LogP contribution in [-0.4, -0.2) is 9.97 Å². The zero-order chi connectivity index (χ0) is 12.4. The number of hydrogen-bond acceptors (Lipinski definition) is 4. The molecule has 2 aromatic rings. The fourth-order valence-corrected chi connectivity index (χ4v) is 2.09. The Balaban J connectivity index is 2.34. The van der Waals surface area contributed by atoms with Crippen molar-refractivity contribution in [3.63, 3.8) is 0 Å².